The van der Waals surface area contributed by atoms with Crippen LogP contribution in [0.2, 0.25) is 0 Å². The molecule has 0 aromatic carbocycles. The molecule has 240 valence electrons. The Morgan fingerprint density at radius 3 is 2.39 bits per heavy atom. The van der Waals surface area contributed by atoms with E-state index >= 15 is 0 Å². The first kappa shape index (κ1) is 28.9. The Bertz CT molecular complexity index is 1480. The van der Waals surface area contributed by atoms with Gasteiger partial charge in [-0.15, -0.1) is 0 Å². The molecule has 13 nitrogen and oxygen atoms in total. The summed E-state index contributed by atoms with van der Waals surface area (Å²) in [5.41, 5.74) is -8.51. The van der Waals surface area contributed by atoms with E-state index in [4.69, 9.17) is 23.7 Å². The number of aliphatic hydroxyl groups excluding tert-OH is 1. The van der Waals surface area contributed by atoms with Gasteiger partial charge >= 0.3 is 11.9 Å². The summed E-state index contributed by atoms with van der Waals surface area (Å²) >= 11 is 0. The fraction of sp³-hybridized carbons (Fsp3) is 0.806. The summed E-state index contributed by atoms with van der Waals surface area (Å²) < 4.78 is 31.9. The van der Waals surface area contributed by atoms with Gasteiger partial charge in [0, 0.05) is 42.1 Å². The number of hydrogen-bond acceptors (Lipinski definition) is 12. The number of rotatable bonds is 1. The Balaban J connectivity index is 1.39. The number of ketones is 1. The van der Waals surface area contributed by atoms with Crippen molar-refractivity contribution in [2.24, 2.45) is 23.2 Å². The first-order valence-electron chi connectivity index (χ1n) is 15.5. The largest absolute Gasteiger partial charge is 0.507 e. The number of hydrogen-bond donors (Lipinski definition) is 4. The van der Waals surface area contributed by atoms with Gasteiger partial charge in [0.2, 0.25) is 11.7 Å². The van der Waals surface area contributed by atoms with Crippen LogP contribution in [0.15, 0.2) is 11.3 Å². The third-order valence-corrected chi connectivity index (χ3v) is 12.6. The van der Waals surface area contributed by atoms with Gasteiger partial charge < -0.3 is 44.3 Å². The van der Waals surface area contributed by atoms with E-state index in [1.54, 1.807) is 6.92 Å². The number of Topliss-reactive ketones (excluding diaryl/α,β-unsaturated/α-hetero) is 1. The summed E-state index contributed by atoms with van der Waals surface area (Å²) in [6.07, 6.45) is -2.56. The van der Waals surface area contributed by atoms with Gasteiger partial charge in [-0.1, -0.05) is 6.92 Å². The lowest BCUT2D eigenvalue weighted by Crippen LogP contribution is -2.65. The number of esters is 2. The van der Waals surface area contributed by atoms with E-state index in [0.717, 1.165) is 0 Å². The maximum Gasteiger partial charge on any atom is 0.341 e. The Hall–Kier alpha value is -2.58. The highest BCUT2D eigenvalue weighted by Gasteiger charge is 2.84. The Morgan fingerprint density at radius 2 is 1.70 bits per heavy atom. The van der Waals surface area contributed by atoms with E-state index in [0.29, 0.717) is 5.57 Å². The van der Waals surface area contributed by atoms with Crippen LogP contribution in [0, 0.1) is 23.2 Å². The fourth-order valence-electron chi connectivity index (χ4n) is 11.0. The topological polar surface area (TPSA) is 187 Å². The van der Waals surface area contributed by atoms with Gasteiger partial charge in [0.15, 0.2) is 17.1 Å². The highest BCUT2D eigenvalue weighted by molar-refractivity contribution is 5.96. The van der Waals surface area contributed by atoms with Crippen molar-refractivity contribution in [1.29, 1.82) is 0 Å². The van der Waals surface area contributed by atoms with Crippen LogP contribution in [-0.2, 0) is 42.9 Å². The van der Waals surface area contributed by atoms with Gasteiger partial charge in [0.05, 0.1) is 18.1 Å². The molecule has 44 heavy (non-hydrogen) atoms. The van der Waals surface area contributed by atoms with Crippen LogP contribution in [0.3, 0.4) is 0 Å². The minimum Gasteiger partial charge on any atom is -0.507 e. The lowest BCUT2D eigenvalue weighted by molar-refractivity contribution is -0.356. The van der Waals surface area contributed by atoms with Crippen LogP contribution in [0.25, 0.3) is 0 Å². The summed E-state index contributed by atoms with van der Waals surface area (Å²) in [6, 6.07) is -0.805. The van der Waals surface area contributed by atoms with Crippen LogP contribution in [-0.4, -0.2) is 97.1 Å². The number of amides is 1. The smallest absolute Gasteiger partial charge is 0.341 e. The first-order valence-corrected chi connectivity index (χ1v) is 15.5. The third-order valence-electron chi connectivity index (χ3n) is 12.6. The molecule has 13 heteroatoms. The summed E-state index contributed by atoms with van der Waals surface area (Å²) in [4.78, 5) is 52.7. The molecule has 6 heterocycles. The predicted octanol–water partition coefficient (Wildman–Crippen LogP) is 0.483. The highest BCUT2D eigenvalue weighted by atomic mass is 16.8. The van der Waals surface area contributed by atoms with E-state index in [1.165, 1.54) is 20.8 Å². The molecule has 0 radical (unpaired) electrons. The number of fused-ring (bicyclic) bond motifs is 2. The zero-order valence-corrected chi connectivity index (χ0v) is 25.6. The van der Waals surface area contributed by atoms with Crippen LogP contribution >= 0.6 is 0 Å². The molecule has 5 saturated heterocycles. The molecule has 8 aliphatic rings. The fourth-order valence-corrected chi connectivity index (χ4v) is 11.0. The molecule has 3 spiro atoms. The lowest BCUT2D eigenvalue weighted by Gasteiger charge is -2.51. The van der Waals surface area contributed by atoms with Gasteiger partial charge in [0.25, 0.3) is 0 Å². The molecule has 0 aromatic heterocycles. The summed E-state index contributed by atoms with van der Waals surface area (Å²) in [5.74, 6) is -7.28. The van der Waals surface area contributed by atoms with Crippen molar-refractivity contribution in [1.82, 2.24) is 5.32 Å². The van der Waals surface area contributed by atoms with Crippen molar-refractivity contribution in [2.45, 2.75) is 132 Å². The van der Waals surface area contributed by atoms with Crippen LogP contribution in [0.1, 0.15) is 73.6 Å². The SMILES string of the molecule is CC(=O)NC1CC2C(C)(C)OC3CC(=O)OC32CC23CCC4(C)C(=O)C(C)(O)C5C6OC(=O)C(C)(O)C6OC(O2)(C(O)=C13)C54. The van der Waals surface area contributed by atoms with Gasteiger partial charge in [-0.3, -0.25) is 14.4 Å². The van der Waals surface area contributed by atoms with Gasteiger partial charge in [-0.05, 0) is 47.0 Å². The normalized spacial score (nSPS) is 56.1. The number of carbonyl (C=O) groups excluding carboxylic acids is 4. The van der Waals surface area contributed by atoms with E-state index < -0.39 is 99.0 Å². The summed E-state index contributed by atoms with van der Waals surface area (Å²) in [6.45, 7) is 9.50. The van der Waals surface area contributed by atoms with Crippen molar-refractivity contribution in [3.63, 3.8) is 0 Å². The van der Waals surface area contributed by atoms with E-state index in [-0.39, 0.29) is 43.8 Å². The molecule has 2 saturated carbocycles. The standard InChI is InChI=1S/C31H39NO12/c1-12(33)32-13-9-14-25(2,3)41-15-10-16(34)42-30(14,15)11-29-8-7-26(4)20-18(27(5,38)23(26)36)19-22(28(6,39)24(37)40-19)43-31(20,44-29)21(35)17(13)29/h13-15,18-20,22,35,38-39H,7-11H2,1-6H3,(H,32,33). The second-order valence-electron chi connectivity index (χ2n) is 15.5. The monoisotopic (exact) mass is 617 g/mol. The highest BCUT2D eigenvalue weighted by Crippen LogP contribution is 2.72. The third kappa shape index (κ3) is 2.99. The number of aliphatic hydroxyl groups is 3. The summed E-state index contributed by atoms with van der Waals surface area (Å²) in [5, 5.41) is 38.6. The molecular weight excluding hydrogens is 578 g/mol. The average molecular weight is 618 g/mol. The first-order chi connectivity index (χ1) is 20.3. The van der Waals surface area contributed by atoms with E-state index in [1.807, 2.05) is 13.8 Å². The van der Waals surface area contributed by atoms with E-state index in [9.17, 15) is 34.5 Å². The summed E-state index contributed by atoms with van der Waals surface area (Å²) in [7, 11) is 0. The van der Waals surface area contributed by atoms with Gasteiger partial charge in [-0.2, -0.15) is 0 Å². The maximum absolute atomic E-state index is 14.2. The van der Waals surface area contributed by atoms with Crippen LogP contribution in [0.4, 0.5) is 0 Å². The maximum atomic E-state index is 14.2. The quantitative estimate of drug-likeness (QED) is 0.299. The second-order valence-corrected chi connectivity index (χ2v) is 15.5. The molecule has 7 fully saturated rings. The van der Waals surface area contributed by atoms with Crippen molar-refractivity contribution in [3.05, 3.63) is 11.3 Å². The molecule has 2 aliphatic carbocycles. The minimum absolute atomic E-state index is 0.0311. The molecule has 13 unspecified atom stereocenters. The molecule has 4 N–H and O–H groups in total. The Labute approximate surface area is 253 Å². The van der Waals surface area contributed by atoms with Crippen molar-refractivity contribution < 1.29 is 58.2 Å². The van der Waals surface area contributed by atoms with Crippen molar-refractivity contribution in [2.75, 3.05) is 0 Å². The average Bonchev–Trinajstić information content (AvgIpc) is 3.46. The molecular formula is C31H39NO12. The van der Waals surface area contributed by atoms with E-state index in [2.05, 4.69) is 5.32 Å². The molecule has 2 bridgehead atoms. The van der Waals surface area contributed by atoms with Gasteiger partial charge in [-0.25, -0.2) is 4.79 Å². The number of nitrogens with one attached hydrogen (secondary N) is 1. The lowest BCUT2D eigenvalue weighted by atomic mass is 9.63. The molecule has 1 amide bonds. The number of carbonyl (C=O) groups is 4. The second kappa shape index (κ2) is 7.86. The van der Waals surface area contributed by atoms with Crippen LogP contribution in [0.5, 0.6) is 0 Å². The predicted molar refractivity (Wildman–Crippen MR) is 144 cm³/mol. The molecule has 13 atom stereocenters. The minimum atomic E-state index is -2.18. The zero-order valence-electron chi connectivity index (χ0n) is 25.6. The molecule has 6 aliphatic heterocycles. The van der Waals surface area contributed by atoms with Crippen molar-refractivity contribution >= 4 is 23.6 Å². The Morgan fingerprint density at radius 1 is 1.00 bits per heavy atom. The number of ether oxygens (including phenoxy) is 5. The molecule has 8 rings (SSSR count). The Kier molecular flexibility index (Phi) is 5.15. The van der Waals surface area contributed by atoms with Crippen molar-refractivity contribution in [3.8, 4) is 0 Å². The van der Waals surface area contributed by atoms with Crippen LogP contribution < -0.4 is 5.32 Å². The zero-order chi connectivity index (χ0) is 31.8. The van der Waals surface area contributed by atoms with Gasteiger partial charge in [0.1, 0.15) is 35.1 Å². The molecule has 0 aromatic rings.